The first kappa shape index (κ1) is 17.0. The third kappa shape index (κ3) is 5.86. The second-order valence-electron chi connectivity index (χ2n) is 5.31. The van der Waals surface area contributed by atoms with Gasteiger partial charge in [-0.25, -0.2) is 9.59 Å². The molecule has 0 spiro atoms. The van der Waals surface area contributed by atoms with Gasteiger partial charge in [-0.1, -0.05) is 0 Å². The highest BCUT2D eigenvalue weighted by atomic mass is 16.4. The maximum atomic E-state index is 11.7. The van der Waals surface area contributed by atoms with Gasteiger partial charge in [0, 0.05) is 6.04 Å². The number of hydrogen-bond acceptors (Lipinski definition) is 4. The Hall–Kier alpha value is -2.02. The number of aryl methyl sites for hydroxylation is 1. The molecule has 0 saturated carbocycles. The van der Waals surface area contributed by atoms with Crippen LogP contribution in [0.15, 0.2) is 10.5 Å². The number of furan rings is 1. The number of nitrogens with zero attached hydrogens (tertiary/aromatic N) is 1. The van der Waals surface area contributed by atoms with Crippen LogP contribution in [0.3, 0.4) is 0 Å². The molecule has 1 aromatic rings. The van der Waals surface area contributed by atoms with Crippen LogP contribution >= 0.6 is 0 Å². The van der Waals surface area contributed by atoms with Crippen molar-refractivity contribution >= 4 is 12.0 Å². The highest BCUT2D eigenvalue weighted by Crippen LogP contribution is 2.14. The van der Waals surface area contributed by atoms with Gasteiger partial charge in [-0.3, -0.25) is 0 Å². The van der Waals surface area contributed by atoms with Gasteiger partial charge in [-0.2, -0.15) is 0 Å². The number of carboxylic acid groups (broad SMARTS) is 1. The molecule has 1 heterocycles. The number of amides is 2. The summed E-state index contributed by atoms with van der Waals surface area (Å²) in [6.07, 6.45) is 0.851. The van der Waals surface area contributed by atoms with Crippen molar-refractivity contribution < 1.29 is 19.1 Å². The molecule has 0 radical (unpaired) electrons. The van der Waals surface area contributed by atoms with Gasteiger partial charge in [0.2, 0.25) is 0 Å². The molecule has 0 fully saturated rings. The molecular formula is C14H23N3O4. The predicted octanol–water partition coefficient (Wildman–Crippen LogP) is 1.43. The van der Waals surface area contributed by atoms with Crippen molar-refractivity contribution in [2.45, 2.75) is 32.9 Å². The van der Waals surface area contributed by atoms with Crippen molar-refractivity contribution in [3.63, 3.8) is 0 Å². The Morgan fingerprint density at radius 2 is 2.10 bits per heavy atom. The normalized spacial score (nSPS) is 12.2. The van der Waals surface area contributed by atoms with Crippen molar-refractivity contribution in [1.29, 1.82) is 0 Å². The maximum Gasteiger partial charge on any atom is 0.339 e. The van der Waals surface area contributed by atoms with E-state index in [0.717, 1.165) is 13.0 Å². The molecule has 1 unspecified atom stereocenters. The van der Waals surface area contributed by atoms with E-state index in [1.54, 1.807) is 6.92 Å². The molecule has 118 valence electrons. The average molecular weight is 297 g/mol. The minimum atomic E-state index is -1.04. The van der Waals surface area contributed by atoms with Crippen molar-refractivity contribution in [3.8, 4) is 0 Å². The van der Waals surface area contributed by atoms with Crippen molar-refractivity contribution in [2.75, 3.05) is 20.6 Å². The van der Waals surface area contributed by atoms with Crippen molar-refractivity contribution in [2.24, 2.45) is 0 Å². The Morgan fingerprint density at radius 3 is 2.62 bits per heavy atom. The quantitative estimate of drug-likeness (QED) is 0.707. The molecule has 0 aliphatic rings. The van der Waals surface area contributed by atoms with E-state index in [1.807, 2.05) is 21.0 Å². The summed E-state index contributed by atoms with van der Waals surface area (Å²) in [7, 11) is 3.96. The summed E-state index contributed by atoms with van der Waals surface area (Å²) >= 11 is 0. The fourth-order valence-electron chi connectivity index (χ4n) is 1.81. The monoisotopic (exact) mass is 297 g/mol. The number of nitrogens with one attached hydrogen (secondary N) is 2. The van der Waals surface area contributed by atoms with Crippen LogP contribution in [0.5, 0.6) is 0 Å². The van der Waals surface area contributed by atoms with E-state index in [1.165, 1.54) is 6.07 Å². The lowest BCUT2D eigenvalue weighted by Gasteiger charge is -2.16. The van der Waals surface area contributed by atoms with Crippen LogP contribution in [0.1, 0.15) is 35.2 Å². The number of aromatic carboxylic acids is 1. The first-order valence-electron chi connectivity index (χ1n) is 6.81. The van der Waals surface area contributed by atoms with Crippen LogP contribution in [-0.4, -0.2) is 48.7 Å². The van der Waals surface area contributed by atoms with Crippen LogP contribution < -0.4 is 10.6 Å². The average Bonchev–Trinajstić information content (AvgIpc) is 2.75. The van der Waals surface area contributed by atoms with Gasteiger partial charge in [-0.05, 0) is 47.0 Å². The van der Waals surface area contributed by atoms with Crippen LogP contribution in [0.2, 0.25) is 0 Å². The first-order valence-corrected chi connectivity index (χ1v) is 6.81. The molecule has 0 saturated heterocycles. The van der Waals surface area contributed by atoms with Gasteiger partial charge in [-0.15, -0.1) is 0 Å². The largest absolute Gasteiger partial charge is 0.478 e. The van der Waals surface area contributed by atoms with Crippen molar-refractivity contribution in [3.05, 3.63) is 23.2 Å². The minimum absolute atomic E-state index is 0.0558. The number of urea groups is 1. The Bertz CT molecular complexity index is 496. The zero-order chi connectivity index (χ0) is 16.0. The third-order valence-corrected chi connectivity index (χ3v) is 3.01. The lowest BCUT2D eigenvalue weighted by Crippen LogP contribution is -2.41. The second kappa shape index (κ2) is 7.68. The maximum absolute atomic E-state index is 11.7. The molecule has 21 heavy (non-hydrogen) atoms. The second-order valence-corrected chi connectivity index (χ2v) is 5.31. The molecule has 3 N–H and O–H groups in total. The summed E-state index contributed by atoms with van der Waals surface area (Å²) in [4.78, 5) is 24.6. The molecule has 0 aliphatic carbocycles. The van der Waals surface area contributed by atoms with Crippen LogP contribution in [0.4, 0.5) is 4.79 Å². The Morgan fingerprint density at radius 1 is 1.43 bits per heavy atom. The topological polar surface area (TPSA) is 94.8 Å². The van der Waals surface area contributed by atoms with E-state index in [-0.39, 0.29) is 24.2 Å². The van der Waals surface area contributed by atoms with Gasteiger partial charge in [0.05, 0.1) is 6.54 Å². The molecular weight excluding hydrogens is 274 g/mol. The molecule has 2 amide bonds. The Labute approximate surface area is 124 Å². The Kier molecular flexibility index (Phi) is 6.23. The molecule has 1 rings (SSSR count). The third-order valence-electron chi connectivity index (χ3n) is 3.01. The fraction of sp³-hybridized carbons (Fsp3) is 0.571. The van der Waals surface area contributed by atoms with E-state index in [9.17, 15) is 9.59 Å². The van der Waals surface area contributed by atoms with E-state index < -0.39 is 5.97 Å². The standard InChI is InChI=1S/C14H23N3O4/c1-9(5-6-17(3)4)16-14(20)15-8-11-7-12(13(18)19)10(2)21-11/h7,9H,5-6,8H2,1-4H3,(H,18,19)(H2,15,16,20). The van der Waals surface area contributed by atoms with Crippen molar-refractivity contribution in [1.82, 2.24) is 15.5 Å². The zero-order valence-corrected chi connectivity index (χ0v) is 12.9. The van der Waals surface area contributed by atoms with Gasteiger partial charge in [0.15, 0.2) is 0 Å². The zero-order valence-electron chi connectivity index (χ0n) is 12.9. The van der Waals surface area contributed by atoms with E-state index in [2.05, 4.69) is 15.5 Å². The number of hydrogen-bond donors (Lipinski definition) is 3. The van der Waals surface area contributed by atoms with Gasteiger partial charge in [0.1, 0.15) is 17.1 Å². The van der Waals surface area contributed by atoms with E-state index in [4.69, 9.17) is 9.52 Å². The number of carbonyl (C=O) groups excluding carboxylic acids is 1. The molecule has 0 aromatic carbocycles. The molecule has 7 heteroatoms. The summed E-state index contributed by atoms with van der Waals surface area (Å²) in [5.41, 5.74) is 0.117. The molecule has 1 aromatic heterocycles. The summed E-state index contributed by atoms with van der Waals surface area (Å²) in [6.45, 7) is 4.56. The van der Waals surface area contributed by atoms with Crippen LogP contribution in [-0.2, 0) is 6.54 Å². The molecule has 0 aliphatic heterocycles. The van der Waals surface area contributed by atoms with Gasteiger partial charge < -0.3 is 25.1 Å². The first-order chi connectivity index (χ1) is 9.79. The van der Waals surface area contributed by atoms with Gasteiger partial charge >= 0.3 is 12.0 Å². The molecule has 7 nitrogen and oxygen atoms in total. The number of carbonyl (C=O) groups is 2. The lowest BCUT2D eigenvalue weighted by atomic mass is 10.2. The van der Waals surface area contributed by atoms with E-state index >= 15 is 0 Å². The van der Waals surface area contributed by atoms with Crippen LogP contribution in [0, 0.1) is 6.92 Å². The predicted molar refractivity (Wildman–Crippen MR) is 78.4 cm³/mol. The summed E-state index contributed by atoms with van der Waals surface area (Å²) < 4.78 is 5.28. The summed E-state index contributed by atoms with van der Waals surface area (Å²) in [5.74, 6) is -0.288. The van der Waals surface area contributed by atoms with Gasteiger partial charge in [0.25, 0.3) is 0 Å². The SMILES string of the molecule is Cc1oc(CNC(=O)NC(C)CCN(C)C)cc1C(=O)O. The highest BCUT2D eigenvalue weighted by Gasteiger charge is 2.14. The van der Waals surface area contributed by atoms with Crippen LogP contribution in [0.25, 0.3) is 0 Å². The highest BCUT2D eigenvalue weighted by molar-refractivity contribution is 5.88. The smallest absolute Gasteiger partial charge is 0.339 e. The Balaban J connectivity index is 2.39. The number of rotatable bonds is 7. The minimum Gasteiger partial charge on any atom is -0.478 e. The lowest BCUT2D eigenvalue weighted by molar-refractivity contribution is 0.0695. The van der Waals surface area contributed by atoms with E-state index in [0.29, 0.717) is 11.5 Å². The fourth-order valence-corrected chi connectivity index (χ4v) is 1.81. The number of carboxylic acids is 1. The summed E-state index contributed by atoms with van der Waals surface area (Å²) in [6, 6.07) is 1.18. The molecule has 1 atom stereocenters. The summed E-state index contributed by atoms with van der Waals surface area (Å²) in [5, 5.41) is 14.4. The molecule has 0 bridgehead atoms.